The Bertz CT molecular complexity index is 1670. The maximum absolute atomic E-state index is 14.4. The summed E-state index contributed by atoms with van der Waals surface area (Å²) >= 11 is 1.39. The predicted molar refractivity (Wildman–Crippen MR) is 208 cm³/mol. The van der Waals surface area contributed by atoms with Crippen LogP contribution in [0.25, 0.3) is 0 Å². The number of aliphatic hydroxyl groups excluding tert-OH is 1. The fraction of sp³-hybridized carbons (Fsp3) is 0.538. The quantitative estimate of drug-likeness (QED) is 0.174. The molecule has 0 radical (unpaired) electrons. The molecule has 2 aliphatic rings. The summed E-state index contributed by atoms with van der Waals surface area (Å²) in [5.74, 6) is -4.07. The smallest absolute Gasteiger partial charge is 0.245 e. The Morgan fingerprint density at radius 3 is 2.11 bits per heavy atom. The zero-order valence-electron chi connectivity index (χ0n) is 32.3. The van der Waals surface area contributed by atoms with Crippen LogP contribution in [0.5, 0.6) is 5.75 Å². The molecule has 2 saturated heterocycles. The number of amides is 6. The van der Waals surface area contributed by atoms with E-state index in [9.17, 15) is 39.0 Å². The van der Waals surface area contributed by atoms with Crippen molar-refractivity contribution in [2.24, 2.45) is 5.92 Å². The van der Waals surface area contributed by atoms with E-state index in [1.807, 2.05) is 51.1 Å². The van der Waals surface area contributed by atoms with Gasteiger partial charge in [-0.25, -0.2) is 0 Å². The average Bonchev–Trinajstić information content (AvgIpc) is 3.60. The van der Waals surface area contributed by atoms with E-state index >= 15 is 0 Å². The summed E-state index contributed by atoms with van der Waals surface area (Å²) in [5, 5.41) is 36.9. The lowest BCUT2D eigenvalue weighted by Crippen LogP contribution is -2.66. The van der Waals surface area contributed by atoms with E-state index in [1.165, 1.54) is 30.8 Å². The number of rotatable bonds is 8. The van der Waals surface area contributed by atoms with E-state index in [1.54, 1.807) is 30.9 Å². The highest BCUT2D eigenvalue weighted by atomic mass is 32.2. The summed E-state index contributed by atoms with van der Waals surface area (Å²) < 4.78 is 0. The normalized spacial score (nSPS) is 26.4. The van der Waals surface area contributed by atoms with Crippen molar-refractivity contribution >= 4 is 47.2 Å². The van der Waals surface area contributed by atoms with Crippen molar-refractivity contribution in [1.29, 1.82) is 0 Å². The van der Waals surface area contributed by atoms with Crippen LogP contribution in [0, 0.1) is 5.92 Å². The molecule has 0 aromatic heterocycles. The monoisotopic (exact) mass is 781 g/mol. The Morgan fingerprint density at radius 2 is 1.49 bits per heavy atom. The van der Waals surface area contributed by atoms with E-state index in [-0.39, 0.29) is 17.9 Å². The van der Waals surface area contributed by atoms with Gasteiger partial charge in [0.1, 0.15) is 36.0 Å². The molecule has 7 atom stereocenters. The highest BCUT2D eigenvalue weighted by molar-refractivity contribution is 7.99. The van der Waals surface area contributed by atoms with E-state index in [2.05, 4.69) is 31.9 Å². The Morgan fingerprint density at radius 1 is 0.855 bits per heavy atom. The van der Waals surface area contributed by atoms with Crippen molar-refractivity contribution in [1.82, 2.24) is 36.8 Å². The molecular formula is C39H55N7O8S. The van der Waals surface area contributed by atoms with Gasteiger partial charge in [0.05, 0.1) is 18.7 Å². The maximum Gasteiger partial charge on any atom is 0.245 e. The van der Waals surface area contributed by atoms with E-state index < -0.39 is 95.8 Å². The number of fused-ring (bicyclic) bond motifs is 1. The minimum absolute atomic E-state index is 0.0127. The Balaban J connectivity index is 1.81. The summed E-state index contributed by atoms with van der Waals surface area (Å²) in [6, 6.07) is 7.67. The van der Waals surface area contributed by atoms with Crippen molar-refractivity contribution in [3.05, 3.63) is 60.2 Å². The van der Waals surface area contributed by atoms with Gasteiger partial charge in [0.25, 0.3) is 0 Å². The molecule has 0 spiro atoms. The zero-order valence-corrected chi connectivity index (χ0v) is 33.1. The van der Waals surface area contributed by atoms with Gasteiger partial charge in [0, 0.05) is 22.6 Å². The average molecular weight is 782 g/mol. The summed E-state index contributed by atoms with van der Waals surface area (Å²) in [6.45, 7) is 9.82. The van der Waals surface area contributed by atoms with Crippen LogP contribution >= 0.6 is 11.8 Å². The first-order valence-electron chi connectivity index (χ1n) is 18.6. The number of thioether (sulfide) groups is 1. The third-order valence-electron chi connectivity index (χ3n) is 9.43. The lowest BCUT2D eigenvalue weighted by atomic mass is 10.00. The van der Waals surface area contributed by atoms with Gasteiger partial charge >= 0.3 is 0 Å². The minimum atomic E-state index is -1.45. The SMILES string of the molecule is CC(C)C1NC(=O)[C@@H](C)NC(=O)[C@H](Cc2ccc(O)cc2)NC(=O)[C@@H]2CCCN2[C@H](C(=O)NC(C)(C)C)[C@H](CSc2ccccc2)NC(=O)[C@H](CO)NC1=O. The van der Waals surface area contributed by atoms with Crippen LogP contribution in [-0.2, 0) is 35.2 Å². The fourth-order valence-corrected chi connectivity index (χ4v) is 7.59. The lowest BCUT2D eigenvalue weighted by molar-refractivity contribution is -0.138. The molecule has 8 N–H and O–H groups in total. The Labute approximate surface area is 326 Å². The number of nitrogens with zero attached hydrogens (tertiary/aromatic N) is 1. The number of carbonyl (C=O) groups excluding carboxylic acids is 6. The fourth-order valence-electron chi connectivity index (χ4n) is 6.60. The molecule has 55 heavy (non-hydrogen) atoms. The minimum Gasteiger partial charge on any atom is -0.508 e. The maximum atomic E-state index is 14.4. The van der Waals surface area contributed by atoms with E-state index in [0.29, 0.717) is 24.9 Å². The Kier molecular flexibility index (Phi) is 15.1. The number of phenols is 1. The number of aromatic hydroxyl groups is 1. The van der Waals surface area contributed by atoms with Gasteiger partial charge < -0.3 is 42.1 Å². The molecule has 16 heteroatoms. The van der Waals surface area contributed by atoms with Gasteiger partial charge in [-0.1, -0.05) is 44.2 Å². The number of carbonyl (C=O) groups is 6. The Hall–Kier alpha value is -4.67. The van der Waals surface area contributed by atoms with Crippen molar-refractivity contribution in [3.8, 4) is 5.75 Å². The summed E-state index contributed by atoms with van der Waals surface area (Å²) in [7, 11) is 0. The zero-order chi connectivity index (χ0) is 40.4. The van der Waals surface area contributed by atoms with Gasteiger partial charge in [-0.05, 0) is 82.8 Å². The number of hydrogen-bond acceptors (Lipinski definition) is 10. The molecule has 0 bridgehead atoms. The van der Waals surface area contributed by atoms with Crippen LogP contribution in [0.4, 0.5) is 0 Å². The number of hydrogen-bond donors (Lipinski definition) is 8. The molecule has 2 aromatic carbocycles. The third kappa shape index (κ3) is 12.2. The molecule has 15 nitrogen and oxygen atoms in total. The van der Waals surface area contributed by atoms with Crippen LogP contribution in [0.1, 0.15) is 59.9 Å². The molecule has 0 aliphatic carbocycles. The number of aliphatic hydroxyl groups is 1. The summed E-state index contributed by atoms with van der Waals surface area (Å²) in [4.78, 5) is 86.2. The van der Waals surface area contributed by atoms with E-state index in [0.717, 1.165) is 4.90 Å². The standard InChI is InChI=1S/C39H55N7O8S/c1-22(2)31-37(53)42-28(20-47)35(51)43-29(21-55-26-11-8-7-9-12-26)32(38(54)45-39(4,5)6)46-18-10-13-30(46)36(52)41-27(19-24-14-16-25(48)17-15-24)34(50)40-23(3)33(49)44-31/h7-9,11-12,14-17,22-23,27-32,47-48H,10,13,18-21H2,1-6H3,(H,40,50)(H,41,52)(H,42,53)(H,43,51)(H,44,49)(H,45,54)/t23-,27+,28+,29+,30+,31?,32+/m1/s1. The van der Waals surface area contributed by atoms with Crippen molar-refractivity contribution in [3.63, 3.8) is 0 Å². The van der Waals surface area contributed by atoms with Gasteiger partial charge in [-0.15, -0.1) is 11.8 Å². The van der Waals surface area contributed by atoms with Crippen LogP contribution in [0.3, 0.4) is 0 Å². The molecule has 4 rings (SSSR count). The van der Waals surface area contributed by atoms with Crippen LogP contribution in [0.2, 0.25) is 0 Å². The van der Waals surface area contributed by atoms with Crippen LogP contribution in [0.15, 0.2) is 59.5 Å². The van der Waals surface area contributed by atoms with Gasteiger partial charge in [0.2, 0.25) is 35.4 Å². The van der Waals surface area contributed by atoms with E-state index in [4.69, 9.17) is 0 Å². The highest BCUT2D eigenvalue weighted by Gasteiger charge is 2.45. The van der Waals surface area contributed by atoms with Crippen molar-refractivity contribution in [2.75, 3.05) is 18.9 Å². The first kappa shape index (κ1) is 43.1. The second kappa shape index (κ2) is 19.3. The molecule has 2 fully saturated rings. The second-order valence-electron chi connectivity index (χ2n) is 15.5. The highest BCUT2D eigenvalue weighted by Crippen LogP contribution is 2.27. The molecule has 6 amide bonds. The number of phenolic OH excluding ortho intramolecular Hbond substituents is 1. The first-order valence-corrected chi connectivity index (χ1v) is 19.6. The molecular weight excluding hydrogens is 727 g/mol. The van der Waals surface area contributed by atoms with Crippen LogP contribution in [-0.4, -0.2) is 117 Å². The molecule has 1 unspecified atom stereocenters. The predicted octanol–water partition coefficient (Wildman–Crippen LogP) is 0.581. The lowest BCUT2D eigenvalue weighted by Gasteiger charge is -2.39. The van der Waals surface area contributed by atoms with Crippen LogP contribution < -0.4 is 31.9 Å². The summed E-state index contributed by atoms with van der Waals surface area (Å²) in [5.41, 5.74) is -0.0669. The third-order valence-corrected chi connectivity index (χ3v) is 10.6. The largest absolute Gasteiger partial charge is 0.508 e. The van der Waals surface area contributed by atoms with Crippen molar-refractivity contribution < 1.29 is 39.0 Å². The van der Waals surface area contributed by atoms with Gasteiger partial charge in [-0.2, -0.15) is 0 Å². The first-order chi connectivity index (χ1) is 26.0. The molecule has 0 saturated carbocycles. The number of nitrogens with one attached hydrogen (secondary N) is 6. The number of benzene rings is 2. The van der Waals surface area contributed by atoms with Crippen molar-refractivity contribution in [2.45, 2.75) is 114 Å². The topological polar surface area (TPSA) is 218 Å². The molecule has 2 aliphatic heterocycles. The molecule has 300 valence electrons. The second-order valence-corrected chi connectivity index (χ2v) is 16.5. The summed E-state index contributed by atoms with van der Waals surface area (Å²) in [6.07, 6.45) is 0.885. The molecule has 2 heterocycles. The molecule has 2 aromatic rings. The van der Waals surface area contributed by atoms with Gasteiger partial charge in [0.15, 0.2) is 0 Å². The van der Waals surface area contributed by atoms with Gasteiger partial charge in [-0.3, -0.25) is 33.7 Å².